The van der Waals surface area contributed by atoms with Crippen molar-refractivity contribution in [2.75, 3.05) is 0 Å². The molecule has 0 bridgehead atoms. The minimum absolute atomic E-state index is 1.00. The van der Waals surface area contributed by atoms with Gasteiger partial charge in [0, 0.05) is 15.5 Å². The number of rotatable bonds is 4. The van der Waals surface area contributed by atoms with E-state index in [0.29, 0.717) is 0 Å². The van der Waals surface area contributed by atoms with Crippen LogP contribution in [0.25, 0.3) is 146 Å². The molecule has 0 amide bonds. The van der Waals surface area contributed by atoms with Gasteiger partial charge in [0.1, 0.15) is 0 Å². The van der Waals surface area contributed by atoms with E-state index in [1.54, 1.807) is 0 Å². The SMILES string of the molecule is c1ccc2cc3cc4c(cc3cc2c1)nc1c2sc3cc5ccccc5cc3c2cc(-c2ccc(-c3ccc(-c5ccc(-c6c7ccccc7cc7ccccc67)cc5)c5ccccc35)cc2)n41. The Morgan fingerprint density at radius 2 is 0.794 bits per heavy atom. The number of aromatic nitrogens is 2. The third-order valence-electron chi connectivity index (χ3n) is 14.5. The fourth-order valence-electron chi connectivity index (χ4n) is 11.2. The summed E-state index contributed by atoms with van der Waals surface area (Å²) in [6, 6.07) is 85.4. The van der Waals surface area contributed by atoms with Gasteiger partial charge in [0.2, 0.25) is 0 Å². The van der Waals surface area contributed by atoms with Gasteiger partial charge in [-0.3, -0.25) is 4.40 Å². The van der Waals surface area contributed by atoms with Gasteiger partial charge in [0.15, 0.2) is 5.65 Å². The molecule has 314 valence electrons. The van der Waals surface area contributed by atoms with Crippen LogP contribution in [0.5, 0.6) is 0 Å². The third kappa shape index (κ3) is 5.67. The average Bonchev–Trinajstić information content (AvgIpc) is 3.95. The normalized spacial score (nSPS) is 12.1. The van der Waals surface area contributed by atoms with Gasteiger partial charge in [0.25, 0.3) is 0 Å². The van der Waals surface area contributed by atoms with Crippen molar-refractivity contribution in [3.8, 4) is 44.6 Å². The van der Waals surface area contributed by atoms with Crippen molar-refractivity contribution in [2.24, 2.45) is 0 Å². The molecule has 68 heavy (non-hydrogen) atoms. The van der Waals surface area contributed by atoms with Crippen LogP contribution in [0, 0.1) is 0 Å². The lowest BCUT2D eigenvalue weighted by atomic mass is 9.89. The van der Waals surface area contributed by atoms with E-state index in [0.717, 1.165) is 27.9 Å². The van der Waals surface area contributed by atoms with Crippen LogP contribution in [0.2, 0.25) is 0 Å². The van der Waals surface area contributed by atoms with Crippen LogP contribution < -0.4 is 0 Å². The van der Waals surface area contributed by atoms with Gasteiger partial charge >= 0.3 is 0 Å². The Bertz CT molecular complexity index is 4520. The van der Waals surface area contributed by atoms with Crippen molar-refractivity contribution in [3.63, 3.8) is 0 Å². The van der Waals surface area contributed by atoms with Crippen LogP contribution in [0.1, 0.15) is 0 Å². The maximum absolute atomic E-state index is 5.47. The summed E-state index contributed by atoms with van der Waals surface area (Å²) in [5.74, 6) is 0. The summed E-state index contributed by atoms with van der Waals surface area (Å²) in [6.45, 7) is 0. The summed E-state index contributed by atoms with van der Waals surface area (Å²) in [6.07, 6.45) is 0. The molecule has 0 aliphatic heterocycles. The number of thiophene rings is 1. The smallest absolute Gasteiger partial charge is 0.156 e. The largest absolute Gasteiger partial charge is 0.291 e. The van der Waals surface area contributed by atoms with E-state index in [1.807, 2.05) is 11.3 Å². The Hall–Kier alpha value is -8.63. The minimum Gasteiger partial charge on any atom is -0.291 e. The highest BCUT2D eigenvalue weighted by Crippen LogP contribution is 2.44. The molecule has 3 heterocycles. The molecule has 0 fully saturated rings. The third-order valence-corrected chi connectivity index (χ3v) is 15.6. The monoisotopic (exact) mass is 878 g/mol. The molecule has 0 saturated carbocycles. The summed E-state index contributed by atoms with van der Waals surface area (Å²) >= 11 is 1.85. The Morgan fingerprint density at radius 1 is 0.324 bits per heavy atom. The van der Waals surface area contributed by atoms with Crippen molar-refractivity contribution in [2.45, 2.75) is 0 Å². The van der Waals surface area contributed by atoms with Crippen LogP contribution >= 0.6 is 11.3 Å². The predicted octanol–water partition coefficient (Wildman–Crippen LogP) is 18.4. The molecule has 15 aromatic rings. The molecule has 3 aromatic heterocycles. The van der Waals surface area contributed by atoms with Crippen molar-refractivity contribution in [1.82, 2.24) is 9.38 Å². The maximum Gasteiger partial charge on any atom is 0.156 e. The van der Waals surface area contributed by atoms with E-state index >= 15 is 0 Å². The van der Waals surface area contributed by atoms with Crippen molar-refractivity contribution >= 4 is 113 Å². The minimum atomic E-state index is 1.00. The Labute approximate surface area is 395 Å². The number of fused-ring (bicyclic) bond motifs is 13. The maximum atomic E-state index is 5.47. The molecule has 0 aliphatic rings. The molecule has 15 rings (SSSR count). The fourth-order valence-corrected chi connectivity index (χ4v) is 12.4. The second-order valence-electron chi connectivity index (χ2n) is 18.3. The van der Waals surface area contributed by atoms with Gasteiger partial charge in [-0.2, -0.15) is 0 Å². The van der Waals surface area contributed by atoms with Crippen LogP contribution in [0.15, 0.2) is 231 Å². The highest BCUT2D eigenvalue weighted by molar-refractivity contribution is 7.26. The molecule has 0 spiro atoms. The molecule has 3 heteroatoms. The van der Waals surface area contributed by atoms with Crippen molar-refractivity contribution in [1.29, 1.82) is 0 Å². The van der Waals surface area contributed by atoms with Gasteiger partial charge in [-0.15, -0.1) is 11.3 Å². The molecule has 0 N–H and O–H groups in total. The van der Waals surface area contributed by atoms with E-state index in [1.165, 1.54) is 118 Å². The molecule has 0 atom stereocenters. The molecule has 0 saturated heterocycles. The van der Waals surface area contributed by atoms with E-state index in [9.17, 15) is 0 Å². The molecular weight excluding hydrogens is 841 g/mol. The molecule has 2 nitrogen and oxygen atoms in total. The Kier molecular flexibility index (Phi) is 7.98. The van der Waals surface area contributed by atoms with E-state index < -0.39 is 0 Å². The quantitative estimate of drug-likeness (QED) is 0.161. The summed E-state index contributed by atoms with van der Waals surface area (Å²) in [7, 11) is 0. The van der Waals surface area contributed by atoms with Crippen LogP contribution in [0.4, 0.5) is 0 Å². The zero-order valence-corrected chi connectivity index (χ0v) is 37.6. The highest BCUT2D eigenvalue weighted by atomic mass is 32.1. The standard InChI is InChI=1S/C65H38N2S/c1-2-12-44-32-50-36-61-59(35-49(50)31-43(44)11-1)66-65-64-58(57-34-45-13-3-4-14-46(45)37-62(57)68-64)38-60(67(61)65)41-25-21-39(22-26-41)51-29-30-52(56-20-10-9-19-55(51)56)40-23-27-42(28-24-40)63-53-17-7-5-15-47(53)33-48-16-6-8-18-54(48)63/h1-38H. The lowest BCUT2D eigenvalue weighted by Gasteiger charge is -2.15. The highest BCUT2D eigenvalue weighted by Gasteiger charge is 2.20. The first-order valence-electron chi connectivity index (χ1n) is 23.3. The first-order chi connectivity index (χ1) is 33.7. The lowest BCUT2D eigenvalue weighted by Crippen LogP contribution is -1.93. The lowest BCUT2D eigenvalue weighted by molar-refractivity contribution is 1.25. The second kappa shape index (κ2) is 14.4. The van der Waals surface area contributed by atoms with Crippen LogP contribution in [0.3, 0.4) is 0 Å². The Balaban J connectivity index is 0.866. The zero-order chi connectivity index (χ0) is 44.5. The van der Waals surface area contributed by atoms with Gasteiger partial charge in [-0.05, 0) is 152 Å². The van der Waals surface area contributed by atoms with Gasteiger partial charge in [-0.25, -0.2) is 4.98 Å². The zero-order valence-electron chi connectivity index (χ0n) is 36.7. The predicted molar refractivity (Wildman–Crippen MR) is 292 cm³/mol. The molecule has 0 unspecified atom stereocenters. The van der Waals surface area contributed by atoms with Gasteiger partial charge in [-0.1, -0.05) is 182 Å². The summed E-state index contributed by atoms with van der Waals surface area (Å²) < 4.78 is 4.90. The fraction of sp³-hybridized carbons (Fsp3) is 0. The number of hydrogen-bond acceptors (Lipinski definition) is 2. The molecular formula is C65H38N2S. The molecule has 0 aliphatic carbocycles. The summed E-state index contributed by atoms with van der Waals surface area (Å²) in [4.78, 5) is 5.47. The van der Waals surface area contributed by atoms with Gasteiger partial charge in [0.05, 0.1) is 21.4 Å². The topological polar surface area (TPSA) is 17.3 Å². The summed E-state index contributed by atoms with van der Waals surface area (Å²) in [5.41, 5.74) is 12.8. The first-order valence-corrected chi connectivity index (χ1v) is 24.2. The number of pyridine rings is 1. The number of imidazole rings is 1. The van der Waals surface area contributed by atoms with Crippen LogP contribution in [-0.2, 0) is 0 Å². The number of nitrogens with zero attached hydrogens (tertiary/aromatic N) is 2. The van der Waals surface area contributed by atoms with Crippen molar-refractivity contribution in [3.05, 3.63) is 231 Å². The van der Waals surface area contributed by atoms with Gasteiger partial charge < -0.3 is 0 Å². The van der Waals surface area contributed by atoms with Crippen LogP contribution in [-0.4, -0.2) is 9.38 Å². The average molecular weight is 879 g/mol. The summed E-state index contributed by atoms with van der Waals surface area (Å²) in [5, 5.41) is 17.5. The molecule has 0 radical (unpaired) electrons. The second-order valence-corrected chi connectivity index (χ2v) is 19.3. The first kappa shape index (κ1) is 37.6. The van der Waals surface area contributed by atoms with E-state index in [4.69, 9.17) is 4.98 Å². The Morgan fingerprint density at radius 3 is 1.40 bits per heavy atom. The number of benzene rings is 12. The molecule has 12 aromatic carbocycles. The van der Waals surface area contributed by atoms with E-state index in [2.05, 4.69) is 235 Å². The number of hydrogen-bond donors (Lipinski definition) is 0. The van der Waals surface area contributed by atoms with Crippen molar-refractivity contribution < 1.29 is 0 Å². The van der Waals surface area contributed by atoms with E-state index in [-0.39, 0.29) is 0 Å².